The Labute approximate surface area is 142 Å². The molecule has 1 heterocycles. The van der Waals surface area contributed by atoms with Gasteiger partial charge in [-0.1, -0.05) is 19.8 Å². The lowest BCUT2D eigenvalue weighted by Crippen LogP contribution is -2.21. The number of carboxylic acid groups (broad SMARTS) is 2. The van der Waals surface area contributed by atoms with Gasteiger partial charge in [0.05, 0.1) is 0 Å². The number of rotatable bonds is 7. The smallest absolute Gasteiger partial charge is 0.303 e. The zero-order chi connectivity index (χ0) is 18.8. The minimum absolute atomic E-state index is 0.0628. The molecule has 1 aliphatic rings. The van der Waals surface area contributed by atoms with Crippen molar-refractivity contribution in [2.24, 2.45) is 0 Å². The summed E-state index contributed by atoms with van der Waals surface area (Å²) in [6.45, 7) is 2.79. The Bertz CT molecular complexity index is 319. The van der Waals surface area contributed by atoms with Crippen LogP contribution < -0.4 is 5.32 Å². The van der Waals surface area contributed by atoms with Gasteiger partial charge in [-0.15, -0.1) is 0 Å². The standard InChI is InChI=1S/C6H11NO.C6H10O4.C4H10O2/c8-6-4-2-1-3-5-7-6;7-5(8)3-1-2-4-6(9)10;1-2-3-4(5)6/h1-5H2,(H,7,8);1-4H2,(H,7,8)(H,9,10);4-6H,2-3H2,1H3. The Morgan fingerprint density at radius 2 is 1.58 bits per heavy atom. The van der Waals surface area contributed by atoms with Crippen molar-refractivity contribution in [2.45, 2.75) is 77.4 Å². The van der Waals surface area contributed by atoms with Gasteiger partial charge >= 0.3 is 11.9 Å². The topological polar surface area (TPSA) is 144 Å². The van der Waals surface area contributed by atoms with Gasteiger partial charge in [0.15, 0.2) is 6.29 Å². The van der Waals surface area contributed by atoms with Crippen molar-refractivity contribution >= 4 is 17.8 Å². The highest BCUT2D eigenvalue weighted by Gasteiger charge is 2.03. The highest BCUT2D eigenvalue weighted by Crippen LogP contribution is 2.02. The third-order valence-electron chi connectivity index (χ3n) is 2.98. The van der Waals surface area contributed by atoms with Crippen molar-refractivity contribution in [3.63, 3.8) is 0 Å². The Morgan fingerprint density at radius 3 is 1.96 bits per heavy atom. The summed E-state index contributed by atoms with van der Waals surface area (Å²) in [6, 6.07) is 0. The molecule has 0 bridgehead atoms. The summed E-state index contributed by atoms with van der Waals surface area (Å²) in [4.78, 5) is 30.4. The van der Waals surface area contributed by atoms with E-state index >= 15 is 0 Å². The Kier molecular flexibility index (Phi) is 18.1. The van der Waals surface area contributed by atoms with E-state index in [0.717, 1.165) is 32.2 Å². The van der Waals surface area contributed by atoms with E-state index in [4.69, 9.17) is 20.4 Å². The third-order valence-corrected chi connectivity index (χ3v) is 2.98. The molecule has 24 heavy (non-hydrogen) atoms. The number of aliphatic carboxylic acids is 2. The monoisotopic (exact) mass is 349 g/mol. The minimum Gasteiger partial charge on any atom is -0.481 e. The van der Waals surface area contributed by atoms with Crippen molar-refractivity contribution in [2.75, 3.05) is 6.54 Å². The zero-order valence-corrected chi connectivity index (χ0v) is 14.4. The molecule has 1 rings (SSSR count). The average molecular weight is 349 g/mol. The lowest BCUT2D eigenvalue weighted by atomic mass is 10.2. The van der Waals surface area contributed by atoms with Crippen LogP contribution in [0.5, 0.6) is 0 Å². The Morgan fingerprint density at radius 1 is 1.04 bits per heavy atom. The molecule has 0 aromatic heterocycles. The van der Waals surface area contributed by atoms with E-state index in [1.807, 2.05) is 6.92 Å². The average Bonchev–Trinajstić information content (AvgIpc) is 2.72. The molecule has 0 aliphatic carbocycles. The summed E-state index contributed by atoms with van der Waals surface area (Å²) in [5.41, 5.74) is 0. The van der Waals surface area contributed by atoms with Crippen LogP contribution in [0.3, 0.4) is 0 Å². The van der Waals surface area contributed by atoms with Crippen LogP contribution in [0.1, 0.15) is 71.1 Å². The molecule has 142 valence electrons. The van der Waals surface area contributed by atoms with Crippen LogP contribution in [0.15, 0.2) is 0 Å². The number of amides is 1. The van der Waals surface area contributed by atoms with E-state index in [1.54, 1.807) is 0 Å². The Balaban J connectivity index is 0. The van der Waals surface area contributed by atoms with Crippen LogP contribution in [-0.4, -0.2) is 51.1 Å². The van der Waals surface area contributed by atoms with Crippen molar-refractivity contribution in [1.82, 2.24) is 5.32 Å². The maximum Gasteiger partial charge on any atom is 0.303 e. The molecule has 0 unspecified atom stereocenters. The molecule has 1 amide bonds. The highest BCUT2D eigenvalue weighted by atomic mass is 16.5. The van der Waals surface area contributed by atoms with Gasteiger partial charge in [0, 0.05) is 25.8 Å². The molecule has 1 fully saturated rings. The number of aliphatic hydroxyl groups is 2. The summed E-state index contributed by atoms with van der Waals surface area (Å²) in [7, 11) is 0. The molecule has 1 saturated heterocycles. The normalized spacial score (nSPS) is 13.6. The second-order valence-electron chi connectivity index (χ2n) is 5.42. The number of hydrogen-bond acceptors (Lipinski definition) is 5. The van der Waals surface area contributed by atoms with Gasteiger partial charge in [0.2, 0.25) is 5.91 Å². The molecule has 0 atom stereocenters. The zero-order valence-electron chi connectivity index (χ0n) is 14.4. The van der Waals surface area contributed by atoms with Gasteiger partial charge in [0.25, 0.3) is 0 Å². The minimum atomic E-state index is -1.10. The van der Waals surface area contributed by atoms with Crippen molar-refractivity contribution in [3.8, 4) is 0 Å². The van der Waals surface area contributed by atoms with Crippen LogP contribution in [0.4, 0.5) is 0 Å². The largest absolute Gasteiger partial charge is 0.481 e. The number of carbonyl (C=O) groups excluding carboxylic acids is 1. The lowest BCUT2D eigenvalue weighted by Gasteiger charge is -1.94. The molecule has 5 N–H and O–H groups in total. The van der Waals surface area contributed by atoms with E-state index in [-0.39, 0.29) is 18.7 Å². The molecule has 8 heteroatoms. The first kappa shape index (κ1) is 24.6. The number of nitrogens with one attached hydrogen (secondary N) is 1. The van der Waals surface area contributed by atoms with E-state index in [1.165, 1.54) is 6.42 Å². The fourth-order valence-electron chi connectivity index (χ4n) is 1.71. The number of carbonyl (C=O) groups is 3. The van der Waals surface area contributed by atoms with Crippen LogP contribution in [0, 0.1) is 0 Å². The second kappa shape index (κ2) is 17.7. The van der Waals surface area contributed by atoms with Gasteiger partial charge in [-0.05, 0) is 32.1 Å². The molecule has 8 nitrogen and oxygen atoms in total. The molecule has 1 aliphatic heterocycles. The number of hydrogen-bond donors (Lipinski definition) is 5. The van der Waals surface area contributed by atoms with Gasteiger partial charge in [0.1, 0.15) is 0 Å². The SMILES string of the molecule is CCCC(O)O.O=C(O)CCCCC(=O)O.O=C1CCCCCN1. The lowest BCUT2D eigenvalue weighted by molar-refractivity contribution is -0.139. The first-order chi connectivity index (χ1) is 11.3. The van der Waals surface area contributed by atoms with Crippen LogP contribution in [0.25, 0.3) is 0 Å². The molecular formula is C16H31NO7. The third kappa shape index (κ3) is 25.3. The maximum absolute atomic E-state index is 10.6. The fourth-order valence-corrected chi connectivity index (χ4v) is 1.71. The first-order valence-electron chi connectivity index (χ1n) is 8.36. The molecule has 0 saturated carbocycles. The summed E-state index contributed by atoms with van der Waals surface area (Å²) in [6.07, 6.45) is 5.41. The summed E-state index contributed by atoms with van der Waals surface area (Å²) < 4.78 is 0. The van der Waals surface area contributed by atoms with Gasteiger partial charge in [-0.25, -0.2) is 0 Å². The number of aliphatic hydroxyl groups excluding tert-OH is 1. The van der Waals surface area contributed by atoms with Crippen molar-refractivity contribution in [3.05, 3.63) is 0 Å². The van der Waals surface area contributed by atoms with Crippen LogP contribution in [0.2, 0.25) is 0 Å². The predicted molar refractivity (Wildman–Crippen MR) is 88.4 cm³/mol. The van der Waals surface area contributed by atoms with Gasteiger partial charge in [-0.3, -0.25) is 14.4 Å². The fraction of sp³-hybridized carbons (Fsp3) is 0.812. The van der Waals surface area contributed by atoms with Gasteiger partial charge < -0.3 is 25.7 Å². The van der Waals surface area contributed by atoms with E-state index < -0.39 is 18.2 Å². The predicted octanol–water partition coefficient (Wildman–Crippen LogP) is 1.49. The summed E-state index contributed by atoms with van der Waals surface area (Å²) in [5.74, 6) is -1.52. The van der Waals surface area contributed by atoms with Crippen molar-refractivity contribution in [1.29, 1.82) is 0 Å². The van der Waals surface area contributed by atoms with Crippen molar-refractivity contribution < 1.29 is 34.8 Å². The Hall–Kier alpha value is -1.67. The molecular weight excluding hydrogens is 318 g/mol. The highest BCUT2D eigenvalue weighted by molar-refractivity contribution is 5.75. The molecule has 0 aromatic rings. The van der Waals surface area contributed by atoms with E-state index in [9.17, 15) is 14.4 Å². The second-order valence-corrected chi connectivity index (χ2v) is 5.42. The first-order valence-corrected chi connectivity index (χ1v) is 8.36. The van der Waals surface area contributed by atoms with Gasteiger partial charge in [-0.2, -0.15) is 0 Å². The molecule has 0 radical (unpaired) electrons. The molecule has 0 aromatic carbocycles. The molecule has 0 spiro atoms. The quantitative estimate of drug-likeness (QED) is 0.346. The number of carboxylic acids is 2. The van der Waals surface area contributed by atoms with E-state index in [2.05, 4.69) is 5.32 Å². The number of unbranched alkanes of at least 4 members (excludes halogenated alkanes) is 1. The maximum atomic E-state index is 10.6. The van der Waals surface area contributed by atoms with Crippen LogP contribution in [-0.2, 0) is 14.4 Å². The van der Waals surface area contributed by atoms with Crippen LogP contribution >= 0.6 is 0 Å². The summed E-state index contributed by atoms with van der Waals surface area (Å²) in [5, 5.41) is 35.3. The van der Waals surface area contributed by atoms with E-state index in [0.29, 0.717) is 19.3 Å². The summed E-state index contributed by atoms with van der Waals surface area (Å²) >= 11 is 0.